The molecule has 0 N–H and O–H groups in total. The van der Waals surface area contributed by atoms with Gasteiger partial charge in [0, 0.05) is 25.1 Å². The van der Waals surface area contributed by atoms with Gasteiger partial charge in [-0.15, -0.1) is 5.10 Å². The van der Waals surface area contributed by atoms with Gasteiger partial charge < -0.3 is 9.42 Å². The fraction of sp³-hybridized carbons (Fsp3) is 0.476. The molecule has 1 aliphatic heterocycles. The number of nitrogens with zero attached hydrogens (tertiary/aromatic N) is 6. The van der Waals surface area contributed by atoms with Crippen molar-refractivity contribution in [3.63, 3.8) is 0 Å². The number of hydrogen-bond acceptors (Lipinski definition) is 6. The molecule has 8 nitrogen and oxygen atoms in total. The first-order valence-electron chi connectivity index (χ1n) is 9.99. The molecule has 3 aromatic rings. The fourth-order valence-electron chi connectivity index (χ4n) is 3.49. The zero-order valence-corrected chi connectivity index (χ0v) is 17.3. The number of aryl methyl sites for hydroxylation is 1. The first-order valence-corrected chi connectivity index (χ1v) is 9.99. The number of carbonyl (C=O) groups excluding carboxylic acids is 1. The highest BCUT2D eigenvalue weighted by atomic mass is 16.5. The van der Waals surface area contributed by atoms with Gasteiger partial charge in [0.2, 0.25) is 0 Å². The van der Waals surface area contributed by atoms with Crippen LogP contribution in [0, 0.1) is 0 Å². The zero-order valence-electron chi connectivity index (χ0n) is 17.3. The lowest BCUT2D eigenvalue weighted by molar-refractivity contribution is 0.0787. The molecule has 0 aliphatic carbocycles. The van der Waals surface area contributed by atoms with E-state index < -0.39 is 0 Å². The standard InChI is InChI=1S/C21H26N6O2/c1-5-18-22-19(29-24-18)17-13-27(25-23-17)16-10-11-26(12-16)20(28)14-6-8-15(9-7-14)21(2,3)4/h6-9,13,16H,5,10-12H2,1-4H3/t16-/m1/s1. The lowest BCUT2D eigenvalue weighted by atomic mass is 9.86. The Morgan fingerprint density at radius 3 is 2.66 bits per heavy atom. The molecular weight excluding hydrogens is 368 g/mol. The average molecular weight is 394 g/mol. The van der Waals surface area contributed by atoms with Crippen molar-refractivity contribution in [1.29, 1.82) is 0 Å². The number of benzene rings is 1. The number of rotatable bonds is 4. The summed E-state index contributed by atoms with van der Waals surface area (Å²) in [4.78, 5) is 19.1. The molecule has 0 saturated carbocycles. The van der Waals surface area contributed by atoms with Gasteiger partial charge in [0.1, 0.15) is 0 Å². The molecule has 3 heterocycles. The van der Waals surface area contributed by atoms with E-state index in [1.54, 1.807) is 4.68 Å². The van der Waals surface area contributed by atoms with Crippen LogP contribution in [-0.4, -0.2) is 49.0 Å². The van der Waals surface area contributed by atoms with Gasteiger partial charge in [-0.3, -0.25) is 4.79 Å². The third-order valence-corrected chi connectivity index (χ3v) is 5.34. The summed E-state index contributed by atoms with van der Waals surface area (Å²) in [7, 11) is 0. The molecule has 8 heteroatoms. The maximum atomic E-state index is 12.9. The van der Waals surface area contributed by atoms with Crippen LogP contribution >= 0.6 is 0 Å². The summed E-state index contributed by atoms with van der Waals surface area (Å²) in [5, 5.41) is 12.3. The Labute approximate surface area is 169 Å². The van der Waals surface area contributed by atoms with E-state index >= 15 is 0 Å². The smallest absolute Gasteiger partial charge is 0.280 e. The third kappa shape index (κ3) is 3.92. The van der Waals surface area contributed by atoms with Crippen molar-refractivity contribution in [2.24, 2.45) is 0 Å². The van der Waals surface area contributed by atoms with Crippen molar-refractivity contribution >= 4 is 5.91 Å². The average Bonchev–Trinajstić information content (AvgIpc) is 3.46. The molecule has 1 saturated heterocycles. The lowest BCUT2D eigenvalue weighted by Gasteiger charge is -2.20. The van der Waals surface area contributed by atoms with Crippen molar-refractivity contribution in [1.82, 2.24) is 30.0 Å². The largest absolute Gasteiger partial charge is 0.336 e. The molecule has 29 heavy (non-hydrogen) atoms. The Morgan fingerprint density at radius 2 is 2.00 bits per heavy atom. The minimum absolute atomic E-state index is 0.0535. The van der Waals surface area contributed by atoms with E-state index in [9.17, 15) is 4.79 Å². The van der Waals surface area contributed by atoms with Gasteiger partial charge in [-0.05, 0) is 29.5 Å². The minimum atomic E-state index is 0.0535. The Kier molecular flexibility index (Phi) is 4.94. The molecule has 1 fully saturated rings. The van der Waals surface area contributed by atoms with Crippen LogP contribution < -0.4 is 0 Å². The predicted octanol–water partition coefficient (Wildman–Crippen LogP) is 3.28. The molecule has 0 unspecified atom stereocenters. The van der Waals surface area contributed by atoms with Gasteiger partial charge in [0.25, 0.3) is 11.8 Å². The van der Waals surface area contributed by atoms with Gasteiger partial charge in [-0.25, -0.2) is 4.68 Å². The molecule has 4 rings (SSSR count). The van der Waals surface area contributed by atoms with Crippen LogP contribution in [0.25, 0.3) is 11.6 Å². The van der Waals surface area contributed by atoms with E-state index in [1.807, 2.05) is 42.3 Å². The fourth-order valence-corrected chi connectivity index (χ4v) is 3.49. The predicted molar refractivity (Wildman–Crippen MR) is 107 cm³/mol. The zero-order chi connectivity index (χ0) is 20.6. The Hall–Kier alpha value is -3.03. The summed E-state index contributed by atoms with van der Waals surface area (Å²) < 4.78 is 7.02. The SMILES string of the molecule is CCc1noc(-c2cn([C@@H]3CCN(C(=O)c4ccc(C(C)(C)C)cc4)C3)nn2)n1. The van der Waals surface area contributed by atoms with Crippen LogP contribution in [0.1, 0.15) is 61.9 Å². The Balaban J connectivity index is 1.43. The highest BCUT2D eigenvalue weighted by molar-refractivity contribution is 5.94. The summed E-state index contributed by atoms with van der Waals surface area (Å²) in [6, 6.07) is 8.01. The molecular formula is C21H26N6O2. The van der Waals surface area contributed by atoms with E-state index in [0.29, 0.717) is 36.9 Å². The van der Waals surface area contributed by atoms with Gasteiger partial charge >= 0.3 is 0 Å². The molecule has 152 valence electrons. The summed E-state index contributed by atoms with van der Waals surface area (Å²) in [5.41, 5.74) is 2.56. The highest BCUT2D eigenvalue weighted by Gasteiger charge is 2.29. The van der Waals surface area contributed by atoms with E-state index in [-0.39, 0.29) is 17.4 Å². The number of likely N-dealkylation sites (tertiary alicyclic amines) is 1. The second-order valence-corrected chi connectivity index (χ2v) is 8.47. The molecule has 0 bridgehead atoms. The van der Waals surface area contributed by atoms with E-state index in [1.165, 1.54) is 5.56 Å². The molecule has 0 radical (unpaired) electrons. The van der Waals surface area contributed by atoms with Crippen molar-refractivity contribution in [2.45, 2.75) is 52.0 Å². The number of amides is 1. The van der Waals surface area contributed by atoms with Crippen molar-refractivity contribution in [3.8, 4) is 11.6 Å². The van der Waals surface area contributed by atoms with Crippen molar-refractivity contribution in [2.75, 3.05) is 13.1 Å². The normalized spacial score (nSPS) is 17.1. The van der Waals surface area contributed by atoms with E-state index in [2.05, 4.69) is 41.2 Å². The minimum Gasteiger partial charge on any atom is -0.336 e. The molecule has 1 aromatic carbocycles. The van der Waals surface area contributed by atoms with Gasteiger partial charge in [0.05, 0.1) is 12.2 Å². The summed E-state index contributed by atoms with van der Waals surface area (Å²) in [6.45, 7) is 9.76. The van der Waals surface area contributed by atoms with Gasteiger partial charge in [-0.1, -0.05) is 50.2 Å². The first kappa shape index (κ1) is 19.3. The van der Waals surface area contributed by atoms with Gasteiger partial charge in [0.15, 0.2) is 11.5 Å². The second-order valence-electron chi connectivity index (χ2n) is 8.47. The van der Waals surface area contributed by atoms with Crippen molar-refractivity contribution in [3.05, 3.63) is 47.4 Å². The molecule has 1 aliphatic rings. The molecule has 2 aromatic heterocycles. The number of hydrogen-bond donors (Lipinski definition) is 0. The van der Waals surface area contributed by atoms with E-state index in [0.717, 1.165) is 12.0 Å². The van der Waals surface area contributed by atoms with Crippen LogP contribution in [0.4, 0.5) is 0 Å². The molecule has 1 atom stereocenters. The first-order chi connectivity index (χ1) is 13.8. The Morgan fingerprint density at radius 1 is 1.24 bits per heavy atom. The van der Waals surface area contributed by atoms with E-state index in [4.69, 9.17) is 4.52 Å². The summed E-state index contributed by atoms with van der Waals surface area (Å²) >= 11 is 0. The third-order valence-electron chi connectivity index (χ3n) is 5.34. The second kappa shape index (κ2) is 7.42. The van der Waals surface area contributed by atoms with Crippen LogP contribution in [-0.2, 0) is 11.8 Å². The molecule has 0 spiro atoms. The number of carbonyl (C=O) groups is 1. The van der Waals surface area contributed by atoms with Crippen LogP contribution in [0.3, 0.4) is 0 Å². The topological polar surface area (TPSA) is 89.9 Å². The quantitative estimate of drug-likeness (QED) is 0.675. The van der Waals surface area contributed by atoms with Gasteiger partial charge in [-0.2, -0.15) is 4.98 Å². The van der Waals surface area contributed by atoms with Crippen LogP contribution in [0.5, 0.6) is 0 Å². The Bertz CT molecular complexity index is 999. The number of aromatic nitrogens is 5. The van der Waals surface area contributed by atoms with Crippen LogP contribution in [0.15, 0.2) is 35.0 Å². The maximum Gasteiger partial charge on any atom is 0.280 e. The van der Waals surface area contributed by atoms with Crippen molar-refractivity contribution < 1.29 is 9.32 Å². The summed E-state index contributed by atoms with van der Waals surface area (Å²) in [6.07, 6.45) is 3.34. The lowest BCUT2D eigenvalue weighted by Crippen LogP contribution is -2.29. The molecule has 1 amide bonds. The van der Waals surface area contributed by atoms with Crippen LogP contribution in [0.2, 0.25) is 0 Å². The summed E-state index contributed by atoms with van der Waals surface area (Å²) in [5.74, 6) is 1.07. The highest BCUT2D eigenvalue weighted by Crippen LogP contribution is 2.26. The monoisotopic (exact) mass is 394 g/mol. The maximum absolute atomic E-state index is 12.9.